The number of morpholine rings is 1. The van der Waals surface area contributed by atoms with Gasteiger partial charge in [0.25, 0.3) is 0 Å². The van der Waals surface area contributed by atoms with Crippen LogP contribution in [0.2, 0.25) is 0 Å². The van der Waals surface area contributed by atoms with Crippen LogP contribution in [-0.2, 0) is 23.7 Å². The largest absolute Gasteiger partial charge is 0.393 e. The van der Waals surface area contributed by atoms with Crippen molar-refractivity contribution in [2.75, 3.05) is 66.3 Å². The van der Waals surface area contributed by atoms with Crippen LogP contribution < -0.4 is 0 Å². The van der Waals surface area contributed by atoms with Crippen LogP contribution in [0.1, 0.15) is 120 Å². The highest BCUT2D eigenvalue weighted by Gasteiger charge is 2.83. The topological polar surface area (TPSA) is 93.1 Å². The molecule has 54 heavy (non-hydrogen) atoms. The maximum atomic E-state index is 12.3. The van der Waals surface area contributed by atoms with E-state index in [4.69, 9.17) is 23.7 Å². The second kappa shape index (κ2) is 13.9. The zero-order chi connectivity index (χ0) is 38.7. The first-order valence-electron chi connectivity index (χ1n) is 22.2. The molecule has 9 heteroatoms. The number of aliphatic hydroxyl groups is 2. The molecule has 0 aromatic carbocycles. The summed E-state index contributed by atoms with van der Waals surface area (Å²) < 4.78 is 31.1. The third-order valence-electron chi connectivity index (χ3n) is 18.5. The molecule has 0 aromatic heterocycles. The van der Waals surface area contributed by atoms with E-state index in [-0.39, 0.29) is 40.8 Å². The number of hydrogen-bond donors (Lipinski definition) is 2. The zero-order valence-corrected chi connectivity index (χ0v) is 35.8. The SMILES string of the molecule is CCO[C@@H](C(C[C@@H](C)[C@H]1C[C@H](O)[C@@]2(C)C3CC[C@H]4C(C)(C)[C@@H](O[C@H]5CN(C6CN(CC7(C)COC7)C6)CCO5)CC[C@@]45C[C@@]35CC[C@]12C)OC)C(C)(C)O. The Labute approximate surface area is 327 Å². The molecule has 2 spiro atoms. The third kappa shape index (κ3) is 6.08. The molecule has 5 aliphatic carbocycles. The molecule has 0 bridgehead atoms. The summed E-state index contributed by atoms with van der Waals surface area (Å²) in [6, 6.07) is 0.613. The van der Waals surface area contributed by atoms with Gasteiger partial charge in [0.1, 0.15) is 6.10 Å². The van der Waals surface area contributed by atoms with E-state index < -0.39 is 11.7 Å². The van der Waals surface area contributed by atoms with Gasteiger partial charge in [-0.15, -0.1) is 0 Å². The predicted molar refractivity (Wildman–Crippen MR) is 210 cm³/mol. The molecule has 13 atom stereocenters. The van der Waals surface area contributed by atoms with Gasteiger partial charge in [0.2, 0.25) is 0 Å². The van der Waals surface area contributed by atoms with Crippen molar-refractivity contribution in [3.05, 3.63) is 0 Å². The normalized spacial score (nSPS) is 46.2. The summed E-state index contributed by atoms with van der Waals surface area (Å²) in [5, 5.41) is 23.3. The predicted octanol–water partition coefficient (Wildman–Crippen LogP) is 6.38. The number of ether oxygens (including phenoxy) is 5. The quantitative estimate of drug-likeness (QED) is 0.222. The minimum Gasteiger partial charge on any atom is -0.393 e. The molecule has 8 rings (SSSR count). The second-order valence-corrected chi connectivity index (χ2v) is 22.2. The Balaban J connectivity index is 0.923. The fraction of sp³-hybridized carbons (Fsp3) is 1.00. The maximum absolute atomic E-state index is 12.3. The molecule has 310 valence electrons. The lowest BCUT2D eigenvalue weighted by Crippen LogP contribution is -2.65. The number of likely N-dealkylation sites (tertiary alicyclic amines) is 1. The van der Waals surface area contributed by atoms with Crippen LogP contribution in [0.5, 0.6) is 0 Å². The number of fused-ring (bicyclic) bond motifs is 2. The van der Waals surface area contributed by atoms with Gasteiger partial charge in [0.05, 0.1) is 43.7 Å². The molecule has 3 heterocycles. The summed E-state index contributed by atoms with van der Waals surface area (Å²) >= 11 is 0. The number of nitrogens with zero attached hydrogens (tertiary/aromatic N) is 2. The minimum absolute atomic E-state index is 0.0631. The summed E-state index contributed by atoms with van der Waals surface area (Å²) in [6.45, 7) is 28.9. The van der Waals surface area contributed by atoms with Gasteiger partial charge in [-0.1, -0.05) is 41.5 Å². The molecule has 2 unspecified atom stereocenters. The summed E-state index contributed by atoms with van der Waals surface area (Å²) in [5.41, 5.74) is 0.123. The lowest BCUT2D eigenvalue weighted by atomic mass is 9.41. The molecule has 9 nitrogen and oxygen atoms in total. The van der Waals surface area contributed by atoms with Crippen molar-refractivity contribution in [2.24, 2.45) is 56.2 Å². The Bertz CT molecular complexity index is 1360. The lowest BCUT2D eigenvalue weighted by Gasteiger charge is -2.64. The molecule has 0 amide bonds. The van der Waals surface area contributed by atoms with E-state index in [2.05, 4.69) is 51.3 Å². The van der Waals surface area contributed by atoms with Crippen molar-refractivity contribution in [3.8, 4) is 0 Å². The van der Waals surface area contributed by atoms with Crippen molar-refractivity contribution in [3.63, 3.8) is 0 Å². The monoisotopic (exact) mass is 759 g/mol. The van der Waals surface area contributed by atoms with Gasteiger partial charge in [-0.25, -0.2) is 0 Å². The minimum atomic E-state index is -0.996. The molecule has 8 fully saturated rings. The van der Waals surface area contributed by atoms with E-state index in [1.54, 1.807) is 7.11 Å². The molecule has 8 aliphatic rings. The van der Waals surface area contributed by atoms with E-state index in [0.717, 1.165) is 71.8 Å². The first-order chi connectivity index (χ1) is 25.4. The average molecular weight is 759 g/mol. The van der Waals surface area contributed by atoms with Crippen LogP contribution in [0.3, 0.4) is 0 Å². The highest BCUT2D eigenvalue weighted by molar-refractivity contribution is 5.31. The Morgan fingerprint density at radius 2 is 1.65 bits per heavy atom. The van der Waals surface area contributed by atoms with Gasteiger partial charge in [-0.2, -0.15) is 0 Å². The maximum Gasteiger partial charge on any atom is 0.170 e. The summed E-state index contributed by atoms with van der Waals surface area (Å²) in [6.07, 6.45) is 9.54. The summed E-state index contributed by atoms with van der Waals surface area (Å²) in [4.78, 5) is 5.25. The zero-order valence-electron chi connectivity index (χ0n) is 35.8. The van der Waals surface area contributed by atoms with Crippen molar-refractivity contribution in [2.45, 2.75) is 162 Å². The van der Waals surface area contributed by atoms with Crippen LogP contribution in [0.4, 0.5) is 0 Å². The first kappa shape index (κ1) is 40.4. The van der Waals surface area contributed by atoms with E-state index >= 15 is 0 Å². The smallest absolute Gasteiger partial charge is 0.170 e. The van der Waals surface area contributed by atoms with Gasteiger partial charge in [0.15, 0.2) is 6.29 Å². The Morgan fingerprint density at radius 3 is 2.30 bits per heavy atom. The highest BCUT2D eigenvalue weighted by atomic mass is 16.7. The van der Waals surface area contributed by atoms with Crippen LogP contribution in [-0.4, -0.2) is 129 Å². The number of hydrogen-bond acceptors (Lipinski definition) is 9. The van der Waals surface area contributed by atoms with Gasteiger partial charge < -0.3 is 33.9 Å². The van der Waals surface area contributed by atoms with Crippen LogP contribution in [0, 0.1) is 56.2 Å². The summed E-state index contributed by atoms with van der Waals surface area (Å²) in [5.74, 6) is 1.96. The fourth-order valence-corrected chi connectivity index (χ4v) is 15.5. The molecule has 3 aliphatic heterocycles. The van der Waals surface area contributed by atoms with Crippen molar-refractivity contribution in [1.29, 1.82) is 0 Å². The van der Waals surface area contributed by atoms with Crippen LogP contribution in [0.25, 0.3) is 0 Å². The molecular formula is C45H78N2O7. The van der Waals surface area contributed by atoms with Crippen molar-refractivity contribution >= 4 is 0 Å². The molecule has 0 radical (unpaired) electrons. The Hall–Kier alpha value is -0.360. The average Bonchev–Trinajstić information content (AvgIpc) is 3.70. The highest BCUT2D eigenvalue weighted by Crippen LogP contribution is 2.89. The van der Waals surface area contributed by atoms with E-state index in [9.17, 15) is 10.2 Å². The van der Waals surface area contributed by atoms with Gasteiger partial charge >= 0.3 is 0 Å². The molecule has 2 N–H and O–H groups in total. The molecule has 0 aromatic rings. The van der Waals surface area contributed by atoms with E-state index in [0.29, 0.717) is 52.6 Å². The Morgan fingerprint density at radius 1 is 0.944 bits per heavy atom. The van der Waals surface area contributed by atoms with E-state index in [1.165, 1.54) is 38.5 Å². The van der Waals surface area contributed by atoms with Crippen LogP contribution in [0.15, 0.2) is 0 Å². The first-order valence-corrected chi connectivity index (χ1v) is 22.2. The van der Waals surface area contributed by atoms with Gasteiger partial charge in [-0.3, -0.25) is 9.80 Å². The fourth-order valence-electron chi connectivity index (χ4n) is 15.5. The van der Waals surface area contributed by atoms with Crippen molar-refractivity contribution < 1.29 is 33.9 Å². The van der Waals surface area contributed by atoms with Crippen LogP contribution >= 0.6 is 0 Å². The number of rotatable bonds is 13. The molecule has 3 saturated heterocycles. The lowest BCUT2D eigenvalue weighted by molar-refractivity contribution is -0.254. The number of aliphatic hydroxyl groups excluding tert-OH is 1. The third-order valence-corrected chi connectivity index (χ3v) is 18.5. The molecule has 5 saturated carbocycles. The second-order valence-electron chi connectivity index (χ2n) is 22.2. The van der Waals surface area contributed by atoms with Gasteiger partial charge in [0, 0.05) is 63.3 Å². The van der Waals surface area contributed by atoms with E-state index in [1.807, 2.05) is 20.8 Å². The Kier molecular flexibility index (Phi) is 10.4. The van der Waals surface area contributed by atoms with Crippen molar-refractivity contribution in [1.82, 2.24) is 9.80 Å². The molecular weight excluding hydrogens is 681 g/mol. The van der Waals surface area contributed by atoms with Gasteiger partial charge in [-0.05, 0) is 124 Å². The number of methoxy groups -OCH3 is 1. The summed E-state index contributed by atoms with van der Waals surface area (Å²) in [7, 11) is 1.76. The standard InChI is InChI=1S/C45H78N2O7/c1-11-52-38(40(5,6)49)32(50-10)20-29(2)31-21-35(48)43(9)34-13-12-33-39(3,4)36(14-15-44(33)25-45(34,44)17-16-42(31,43)8)54-37-24-47(18-19-53-37)30-22-46(23-30)26-41(7)27-51-28-41/h29-38,48-49H,11-28H2,1-10H3/t29-,31-,32?,33+,34?,35+,36+,37+,38+,42-,43-,44-,45+/m1/s1.